The van der Waals surface area contributed by atoms with E-state index in [4.69, 9.17) is 4.98 Å². The molecule has 2 heterocycles. The van der Waals surface area contributed by atoms with Crippen molar-refractivity contribution in [1.29, 1.82) is 0 Å². The minimum Gasteiger partial charge on any atom is -0.507 e. The number of hydrogen-bond donors (Lipinski definition) is 1. The number of phenolic OH excluding ortho intramolecular Hbond substituents is 1. The predicted molar refractivity (Wildman–Crippen MR) is 114 cm³/mol. The Morgan fingerprint density at radius 3 is 2.34 bits per heavy atom. The molecule has 0 saturated carbocycles. The number of hydrogen-bond acceptors (Lipinski definition) is 4. The number of aromatic nitrogens is 2. The van der Waals surface area contributed by atoms with Gasteiger partial charge in [-0.2, -0.15) is 0 Å². The van der Waals surface area contributed by atoms with Gasteiger partial charge in [-0.05, 0) is 24.3 Å². The van der Waals surface area contributed by atoms with Crippen LogP contribution in [0, 0.1) is 6.07 Å². The van der Waals surface area contributed by atoms with Gasteiger partial charge in [-0.1, -0.05) is 47.5 Å². The van der Waals surface area contributed by atoms with Gasteiger partial charge in [-0.15, -0.1) is 41.2 Å². The first-order valence-electron chi connectivity index (χ1n) is 8.91. The number of benzene rings is 3. The van der Waals surface area contributed by atoms with Crippen LogP contribution in [0.4, 0.5) is 0 Å². The van der Waals surface area contributed by atoms with Gasteiger partial charge < -0.3 is 5.11 Å². The zero-order valence-electron chi connectivity index (χ0n) is 15.1. The van der Waals surface area contributed by atoms with E-state index in [1.807, 2.05) is 60.7 Å². The maximum absolute atomic E-state index is 10.2. The quantitative estimate of drug-likeness (QED) is 0.261. The molecule has 0 aliphatic carbocycles. The van der Waals surface area contributed by atoms with Crippen LogP contribution in [0.1, 0.15) is 0 Å². The maximum Gasteiger partial charge on any atom is 0.127 e. The number of rotatable bonds is 3. The van der Waals surface area contributed by atoms with Crippen molar-refractivity contribution in [2.75, 3.05) is 0 Å². The van der Waals surface area contributed by atoms with Crippen molar-refractivity contribution in [3.05, 3.63) is 91.1 Å². The first-order valence-corrected chi connectivity index (χ1v) is 9.73. The Balaban J connectivity index is 0.00000205. The molecule has 3 aromatic carbocycles. The van der Waals surface area contributed by atoms with Crippen molar-refractivity contribution in [2.45, 2.75) is 0 Å². The van der Waals surface area contributed by atoms with Gasteiger partial charge in [0.15, 0.2) is 0 Å². The summed E-state index contributed by atoms with van der Waals surface area (Å²) in [5.41, 5.74) is 5.51. The first kappa shape index (κ1) is 19.5. The van der Waals surface area contributed by atoms with Crippen LogP contribution >= 0.6 is 11.3 Å². The average Bonchev–Trinajstić information content (AvgIpc) is 3.19. The van der Waals surface area contributed by atoms with Crippen LogP contribution in [-0.4, -0.2) is 15.1 Å². The standard InChI is InChI=1S/C24H15N2OS.Pt/c27-21-12-2-1-9-19(21)24-26-23-18(10-6-13-22(23)28-24)16-7-5-8-17(15-16)20-11-3-4-14-25-20;/h1-14,27H;/q-1;. The Morgan fingerprint density at radius 1 is 0.759 bits per heavy atom. The summed E-state index contributed by atoms with van der Waals surface area (Å²) in [6.45, 7) is 0. The second-order valence-corrected chi connectivity index (χ2v) is 7.41. The summed E-state index contributed by atoms with van der Waals surface area (Å²) in [5.74, 6) is 0.242. The van der Waals surface area contributed by atoms with E-state index in [1.54, 1.807) is 23.6 Å². The molecular weight excluding hydrogens is 559 g/mol. The molecule has 0 unspecified atom stereocenters. The molecule has 2 aromatic heterocycles. The van der Waals surface area contributed by atoms with E-state index in [1.165, 1.54) is 0 Å². The first-order chi connectivity index (χ1) is 13.8. The molecule has 29 heavy (non-hydrogen) atoms. The zero-order chi connectivity index (χ0) is 18.9. The molecule has 0 aliphatic rings. The third-order valence-corrected chi connectivity index (χ3v) is 5.63. The summed E-state index contributed by atoms with van der Waals surface area (Å²) < 4.78 is 1.08. The van der Waals surface area contributed by atoms with Gasteiger partial charge in [0.1, 0.15) is 10.8 Å². The number of phenols is 1. The van der Waals surface area contributed by atoms with E-state index in [9.17, 15) is 5.11 Å². The summed E-state index contributed by atoms with van der Waals surface area (Å²) in [4.78, 5) is 9.27. The van der Waals surface area contributed by atoms with E-state index in [0.29, 0.717) is 0 Å². The molecule has 5 aromatic rings. The fraction of sp³-hybridized carbons (Fsp3) is 0. The third-order valence-electron chi connectivity index (χ3n) is 4.58. The molecule has 0 fully saturated rings. The SMILES string of the molecule is Oc1ccccc1-c1nc2c(-c3[c-]c(-c4ccccn4)ccc3)cccc2s1.[Pt]. The molecule has 5 rings (SSSR count). The van der Waals surface area contributed by atoms with Gasteiger partial charge in [0.05, 0.1) is 11.1 Å². The molecule has 0 amide bonds. The van der Waals surface area contributed by atoms with Gasteiger partial charge in [-0.3, -0.25) is 4.98 Å². The monoisotopic (exact) mass is 574 g/mol. The van der Waals surface area contributed by atoms with Crippen LogP contribution in [0.3, 0.4) is 0 Å². The summed E-state index contributed by atoms with van der Waals surface area (Å²) in [7, 11) is 0. The molecule has 144 valence electrons. The summed E-state index contributed by atoms with van der Waals surface area (Å²) in [6, 6.07) is 28.9. The van der Waals surface area contributed by atoms with Gasteiger partial charge in [0, 0.05) is 37.7 Å². The smallest absolute Gasteiger partial charge is 0.127 e. The Hall–Kier alpha value is -2.81. The second-order valence-electron chi connectivity index (χ2n) is 6.38. The Bertz CT molecular complexity index is 1280. The molecule has 0 bridgehead atoms. The van der Waals surface area contributed by atoms with Crippen LogP contribution < -0.4 is 0 Å². The number of pyridine rings is 1. The number of aromatic hydroxyl groups is 1. The Morgan fingerprint density at radius 2 is 1.52 bits per heavy atom. The molecular formula is C24H15N2OPtS-. The number of thiazole rings is 1. The van der Waals surface area contributed by atoms with Gasteiger partial charge in [0.25, 0.3) is 0 Å². The van der Waals surface area contributed by atoms with Gasteiger partial charge in [-0.25, -0.2) is 4.98 Å². The predicted octanol–water partition coefficient (Wildman–Crippen LogP) is 6.20. The molecule has 0 saturated heterocycles. The van der Waals surface area contributed by atoms with Crippen LogP contribution in [0.15, 0.2) is 85.1 Å². The molecule has 0 radical (unpaired) electrons. The molecule has 0 atom stereocenters. The van der Waals surface area contributed by atoms with Crippen molar-refractivity contribution in [3.8, 4) is 38.7 Å². The molecule has 0 spiro atoms. The van der Waals surface area contributed by atoms with Crippen molar-refractivity contribution in [1.82, 2.24) is 9.97 Å². The van der Waals surface area contributed by atoms with Gasteiger partial charge >= 0.3 is 0 Å². The van der Waals surface area contributed by atoms with Crippen molar-refractivity contribution in [2.24, 2.45) is 0 Å². The van der Waals surface area contributed by atoms with Crippen LogP contribution in [-0.2, 0) is 21.1 Å². The van der Waals surface area contributed by atoms with E-state index in [-0.39, 0.29) is 26.8 Å². The molecule has 5 heteroatoms. The van der Waals surface area contributed by atoms with Crippen molar-refractivity contribution >= 4 is 21.6 Å². The largest absolute Gasteiger partial charge is 0.507 e. The number of para-hydroxylation sites is 2. The Kier molecular flexibility index (Phi) is 5.57. The molecule has 3 nitrogen and oxygen atoms in total. The third kappa shape index (κ3) is 3.74. The zero-order valence-corrected chi connectivity index (χ0v) is 18.2. The number of fused-ring (bicyclic) bond motifs is 1. The summed E-state index contributed by atoms with van der Waals surface area (Å²) >= 11 is 1.58. The fourth-order valence-electron chi connectivity index (χ4n) is 3.23. The van der Waals surface area contributed by atoms with E-state index in [0.717, 1.165) is 43.2 Å². The molecule has 0 aliphatic heterocycles. The van der Waals surface area contributed by atoms with Crippen LogP contribution in [0.25, 0.3) is 43.2 Å². The Labute approximate surface area is 187 Å². The van der Waals surface area contributed by atoms with Crippen molar-refractivity contribution in [3.63, 3.8) is 0 Å². The molecule has 1 N–H and O–H groups in total. The fourth-order valence-corrected chi connectivity index (χ4v) is 4.26. The minimum absolute atomic E-state index is 0. The van der Waals surface area contributed by atoms with Gasteiger partial charge in [0.2, 0.25) is 0 Å². The normalized spacial score (nSPS) is 10.6. The van der Waals surface area contributed by atoms with Crippen LogP contribution in [0.5, 0.6) is 5.75 Å². The van der Waals surface area contributed by atoms with E-state index >= 15 is 0 Å². The van der Waals surface area contributed by atoms with Crippen molar-refractivity contribution < 1.29 is 26.2 Å². The summed E-state index contributed by atoms with van der Waals surface area (Å²) in [6.07, 6.45) is 1.79. The van der Waals surface area contributed by atoms with E-state index in [2.05, 4.69) is 23.2 Å². The summed E-state index contributed by atoms with van der Waals surface area (Å²) in [5, 5.41) is 11.0. The van der Waals surface area contributed by atoms with E-state index < -0.39 is 0 Å². The topological polar surface area (TPSA) is 46.0 Å². The second kappa shape index (κ2) is 8.28. The average molecular weight is 575 g/mol. The van der Waals surface area contributed by atoms with Crippen LogP contribution in [0.2, 0.25) is 0 Å². The minimum atomic E-state index is 0. The maximum atomic E-state index is 10.2. The number of nitrogens with zero attached hydrogens (tertiary/aromatic N) is 2.